The van der Waals surface area contributed by atoms with Gasteiger partial charge in [0.15, 0.2) is 0 Å². The van der Waals surface area contributed by atoms with Crippen LogP contribution in [0.3, 0.4) is 0 Å². The van der Waals surface area contributed by atoms with Crippen molar-refractivity contribution in [2.24, 2.45) is 10.8 Å². The van der Waals surface area contributed by atoms with Crippen molar-refractivity contribution in [2.75, 3.05) is 0 Å². The molecule has 0 amide bonds. The SMILES string of the molecule is CC(/C=C/C=C(C)/C=C/[C@@]12O[C@]1(C)C[C@@H](O)CC2(C)C)=C\C=C\C=C(C)\C=C\C=C(C)\C=C\[C@]12O[C@@]1(C)C[C@H](O)CC2(C)C. The van der Waals surface area contributed by atoms with E-state index in [0.717, 1.165) is 12.8 Å². The van der Waals surface area contributed by atoms with Crippen molar-refractivity contribution in [2.45, 2.75) is 130 Å². The molecular weight excluding hydrogens is 544 g/mol. The molecule has 2 aliphatic heterocycles. The second-order valence-corrected chi connectivity index (χ2v) is 15.4. The lowest BCUT2D eigenvalue weighted by atomic mass is 9.63. The summed E-state index contributed by atoms with van der Waals surface area (Å²) in [4.78, 5) is 0. The zero-order valence-electron chi connectivity index (χ0n) is 28.8. The van der Waals surface area contributed by atoms with E-state index in [2.05, 4.69) is 154 Å². The average molecular weight is 601 g/mol. The molecular formula is C40H56O4. The number of allylic oxidation sites excluding steroid dienone is 16. The molecule has 2 saturated heterocycles. The highest BCUT2D eigenvalue weighted by Crippen LogP contribution is 2.67. The Labute approximate surface area is 267 Å². The van der Waals surface area contributed by atoms with Crippen molar-refractivity contribution in [3.05, 3.63) is 107 Å². The van der Waals surface area contributed by atoms with E-state index < -0.39 is 0 Å². The number of hydrogen-bond donors (Lipinski definition) is 2. The molecule has 4 heteroatoms. The summed E-state index contributed by atoms with van der Waals surface area (Å²) in [5.74, 6) is 0. The molecule has 0 bridgehead atoms. The Hall–Kier alpha value is -2.50. The molecule has 240 valence electrons. The van der Waals surface area contributed by atoms with Crippen molar-refractivity contribution >= 4 is 0 Å². The molecule has 0 aromatic rings. The largest absolute Gasteiger partial charge is 0.393 e. The molecule has 4 fully saturated rings. The minimum atomic E-state index is -0.294. The van der Waals surface area contributed by atoms with Crippen LogP contribution in [0.25, 0.3) is 0 Å². The number of rotatable bonds is 10. The summed E-state index contributed by atoms with van der Waals surface area (Å²) >= 11 is 0. The Morgan fingerprint density at radius 1 is 0.500 bits per heavy atom. The predicted molar refractivity (Wildman–Crippen MR) is 183 cm³/mol. The standard InChI is InChI=1S/C40H56O4/c1-29(17-13-19-31(3)21-23-39-35(5,6)25-33(41)27-37(39,9)43-39)15-11-12-16-30(2)18-14-20-32(4)22-24-40-36(7,8)26-34(42)28-38(40,10)44-40/h11-24,33-34,41-42H,25-28H2,1-10H3/b12-11+,17-13+,18-14+,23-21+,24-22+,29-15+,30-16+,31-19+,32-20+/t33-,34+,37+,38-,39-,40+. The monoisotopic (exact) mass is 600 g/mol. The highest BCUT2D eigenvalue weighted by molar-refractivity contribution is 5.38. The highest BCUT2D eigenvalue weighted by atomic mass is 16.6. The van der Waals surface area contributed by atoms with Gasteiger partial charge in [0, 0.05) is 23.7 Å². The Morgan fingerprint density at radius 3 is 1.16 bits per heavy atom. The minimum absolute atomic E-state index is 0.0969. The molecule has 6 atom stereocenters. The summed E-state index contributed by atoms with van der Waals surface area (Å²) in [6, 6.07) is 0. The van der Waals surface area contributed by atoms with Crippen LogP contribution in [0.15, 0.2) is 107 Å². The first-order valence-corrected chi connectivity index (χ1v) is 16.3. The fraction of sp³-hybridized carbons (Fsp3) is 0.550. The van der Waals surface area contributed by atoms with Crippen LogP contribution in [0.5, 0.6) is 0 Å². The van der Waals surface area contributed by atoms with E-state index in [4.69, 9.17) is 9.47 Å². The fourth-order valence-corrected chi connectivity index (χ4v) is 7.99. The van der Waals surface area contributed by atoms with Crippen molar-refractivity contribution in [1.82, 2.24) is 0 Å². The number of aliphatic hydroxyl groups excluding tert-OH is 2. The van der Waals surface area contributed by atoms with Gasteiger partial charge in [-0.05, 0) is 66.5 Å². The fourth-order valence-electron chi connectivity index (χ4n) is 7.99. The van der Waals surface area contributed by atoms with Crippen molar-refractivity contribution in [3.63, 3.8) is 0 Å². The van der Waals surface area contributed by atoms with Gasteiger partial charge in [-0.3, -0.25) is 0 Å². The van der Waals surface area contributed by atoms with Gasteiger partial charge >= 0.3 is 0 Å². The van der Waals surface area contributed by atoms with E-state index in [1.165, 1.54) is 22.3 Å². The first-order valence-electron chi connectivity index (χ1n) is 16.3. The molecule has 44 heavy (non-hydrogen) atoms. The van der Waals surface area contributed by atoms with E-state index in [1.54, 1.807) is 0 Å². The van der Waals surface area contributed by atoms with Crippen LogP contribution in [0.1, 0.15) is 94.9 Å². The summed E-state index contributed by atoms with van der Waals surface area (Å²) in [6.07, 6.45) is 32.0. The normalized spacial score (nSPS) is 39.2. The first-order chi connectivity index (χ1) is 20.4. The lowest BCUT2D eigenvalue weighted by Gasteiger charge is -2.39. The Morgan fingerprint density at radius 2 is 0.818 bits per heavy atom. The van der Waals surface area contributed by atoms with E-state index >= 15 is 0 Å². The topological polar surface area (TPSA) is 65.5 Å². The van der Waals surface area contributed by atoms with Crippen molar-refractivity contribution < 1.29 is 19.7 Å². The van der Waals surface area contributed by atoms with Gasteiger partial charge in [-0.15, -0.1) is 0 Å². The second kappa shape index (κ2) is 12.4. The molecule has 0 radical (unpaired) electrons. The minimum Gasteiger partial charge on any atom is -0.393 e. The molecule has 0 unspecified atom stereocenters. The number of hydrogen-bond acceptors (Lipinski definition) is 4. The molecule has 0 aromatic heterocycles. The third-order valence-electron chi connectivity index (χ3n) is 10.4. The maximum absolute atomic E-state index is 10.3. The first kappa shape index (κ1) is 34.4. The zero-order chi connectivity index (χ0) is 32.6. The van der Waals surface area contributed by atoms with Gasteiger partial charge in [0.2, 0.25) is 0 Å². The van der Waals surface area contributed by atoms with Crippen LogP contribution in [-0.4, -0.2) is 44.8 Å². The maximum atomic E-state index is 10.3. The Bertz CT molecular complexity index is 1270. The van der Waals surface area contributed by atoms with Crippen LogP contribution < -0.4 is 0 Å². The van der Waals surface area contributed by atoms with Crippen LogP contribution >= 0.6 is 0 Å². The highest BCUT2D eigenvalue weighted by Gasteiger charge is 2.75. The average Bonchev–Trinajstić information content (AvgIpc) is 3.73. The number of ether oxygens (including phenoxy) is 2. The van der Waals surface area contributed by atoms with Gasteiger partial charge in [-0.1, -0.05) is 123 Å². The summed E-state index contributed by atoms with van der Waals surface area (Å²) in [7, 11) is 0. The molecule has 2 N–H and O–H groups in total. The quantitative estimate of drug-likeness (QED) is 0.194. The van der Waals surface area contributed by atoms with Crippen LogP contribution in [0, 0.1) is 10.8 Å². The third-order valence-corrected chi connectivity index (χ3v) is 10.4. The van der Waals surface area contributed by atoms with Crippen LogP contribution in [0.4, 0.5) is 0 Å². The van der Waals surface area contributed by atoms with Crippen molar-refractivity contribution in [1.29, 1.82) is 0 Å². The summed E-state index contributed by atoms with van der Waals surface area (Å²) in [5, 5.41) is 20.5. The van der Waals surface area contributed by atoms with Crippen LogP contribution in [0.2, 0.25) is 0 Å². The number of fused-ring (bicyclic) bond motifs is 2. The summed E-state index contributed by atoms with van der Waals surface area (Å²) < 4.78 is 12.5. The second-order valence-electron chi connectivity index (χ2n) is 15.4. The van der Waals surface area contributed by atoms with E-state index in [1.807, 2.05) is 0 Å². The summed E-state index contributed by atoms with van der Waals surface area (Å²) in [5.41, 5.74) is 3.36. The Kier molecular flexibility index (Phi) is 9.66. The predicted octanol–water partition coefficient (Wildman–Crippen LogP) is 8.97. The lowest BCUT2D eigenvalue weighted by Crippen LogP contribution is -2.46. The lowest BCUT2D eigenvalue weighted by molar-refractivity contribution is 0.0510. The van der Waals surface area contributed by atoms with Crippen LogP contribution in [-0.2, 0) is 9.47 Å². The number of epoxide rings is 2. The van der Waals surface area contributed by atoms with Gasteiger partial charge in [0.25, 0.3) is 0 Å². The maximum Gasteiger partial charge on any atom is 0.121 e. The van der Waals surface area contributed by atoms with Gasteiger partial charge in [0.1, 0.15) is 22.4 Å². The molecule has 4 rings (SSSR count). The summed E-state index contributed by atoms with van der Waals surface area (Å²) in [6.45, 7) is 21.4. The third kappa shape index (κ3) is 6.84. The van der Waals surface area contributed by atoms with Gasteiger partial charge < -0.3 is 19.7 Å². The number of aliphatic hydroxyl groups is 2. The molecule has 4 nitrogen and oxygen atoms in total. The van der Waals surface area contributed by atoms with E-state index in [9.17, 15) is 10.2 Å². The zero-order valence-corrected chi connectivity index (χ0v) is 28.8. The molecule has 4 aliphatic rings. The molecule has 2 heterocycles. The smallest absolute Gasteiger partial charge is 0.121 e. The molecule has 0 aromatic carbocycles. The Balaban J connectivity index is 1.25. The van der Waals surface area contributed by atoms with E-state index in [-0.39, 0.29) is 45.4 Å². The molecule has 2 aliphatic carbocycles. The van der Waals surface area contributed by atoms with Gasteiger partial charge in [-0.25, -0.2) is 0 Å². The van der Waals surface area contributed by atoms with Gasteiger partial charge in [-0.2, -0.15) is 0 Å². The van der Waals surface area contributed by atoms with E-state index in [0.29, 0.717) is 12.8 Å². The molecule has 0 spiro atoms. The van der Waals surface area contributed by atoms with Crippen molar-refractivity contribution in [3.8, 4) is 0 Å². The molecule has 2 saturated carbocycles. The van der Waals surface area contributed by atoms with Gasteiger partial charge in [0.05, 0.1) is 12.2 Å².